The summed E-state index contributed by atoms with van der Waals surface area (Å²) in [5.74, 6) is 0.221. The van der Waals surface area contributed by atoms with Crippen LogP contribution in [0.3, 0.4) is 0 Å². The Morgan fingerprint density at radius 2 is 1.95 bits per heavy atom. The molecule has 0 bridgehead atoms. The number of aliphatic hydroxyl groups excluding tert-OH is 1. The minimum absolute atomic E-state index is 0.0627. The molecule has 3 aromatic heterocycles. The van der Waals surface area contributed by atoms with Gasteiger partial charge < -0.3 is 35.4 Å². The number of carbonyl (C=O) groups is 1. The lowest BCUT2D eigenvalue weighted by Gasteiger charge is -2.26. The number of ether oxygens (including phenoxy) is 1. The smallest absolute Gasteiger partial charge is 0.384 e. The number of nitrogens with two attached hydrogens (primary N) is 1. The maximum atomic E-state index is 13.4. The molecule has 0 aliphatic carbocycles. The largest absolute Gasteiger partial charge is 0.418 e. The molecule has 0 aliphatic rings. The minimum atomic E-state index is -4.70. The van der Waals surface area contributed by atoms with Crippen LogP contribution in [-0.2, 0) is 21.3 Å². The topological polar surface area (TPSA) is 168 Å². The zero-order valence-electron chi connectivity index (χ0n) is 21.0. The van der Waals surface area contributed by atoms with Crippen molar-refractivity contribution in [1.82, 2.24) is 19.3 Å². The van der Waals surface area contributed by atoms with Crippen molar-refractivity contribution in [3.63, 3.8) is 0 Å². The van der Waals surface area contributed by atoms with E-state index < -0.39 is 40.8 Å². The zero-order valence-corrected chi connectivity index (χ0v) is 21.8. The third-order valence-corrected chi connectivity index (χ3v) is 6.88. The fraction of sp³-hybridized carbons (Fsp3) is 0.375. The molecule has 15 heteroatoms. The molecule has 2 unspecified atom stereocenters. The first kappa shape index (κ1) is 28.4. The number of rotatable bonds is 9. The van der Waals surface area contributed by atoms with Gasteiger partial charge >= 0.3 is 6.18 Å². The van der Waals surface area contributed by atoms with Crippen LogP contribution in [0, 0.1) is 0 Å². The molecule has 0 amide bonds. The van der Waals surface area contributed by atoms with Gasteiger partial charge in [-0.05, 0) is 49.6 Å². The number of aromatic nitrogens is 4. The van der Waals surface area contributed by atoms with Crippen LogP contribution < -0.4 is 16.2 Å². The van der Waals surface area contributed by atoms with Gasteiger partial charge in [0.25, 0.3) is 5.56 Å². The Kier molecular flexibility index (Phi) is 7.62. The number of nitrogens with zero attached hydrogens (tertiary/aromatic N) is 4. The van der Waals surface area contributed by atoms with Crippen LogP contribution in [0.25, 0.3) is 21.0 Å². The highest BCUT2D eigenvalue weighted by Crippen LogP contribution is 2.36. The maximum Gasteiger partial charge on any atom is 0.418 e. The minimum Gasteiger partial charge on any atom is -0.384 e. The first-order valence-electron chi connectivity index (χ1n) is 11.6. The molecular formula is C24H25F3N6O5S. The zero-order chi connectivity index (χ0) is 28.7. The summed E-state index contributed by atoms with van der Waals surface area (Å²) in [6.45, 7) is 2.32. The molecule has 4 aromatic rings. The molecule has 0 saturated heterocycles. The fourth-order valence-electron chi connectivity index (χ4n) is 3.97. The van der Waals surface area contributed by atoms with E-state index in [-0.39, 0.29) is 36.0 Å². The average Bonchev–Trinajstić information content (AvgIpc) is 3.25. The molecule has 5 N–H and O–H groups in total. The fourth-order valence-corrected chi connectivity index (χ4v) is 4.82. The Morgan fingerprint density at radius 1 is 1.23 bits per heavy atom. The number of nitrogen functional groups attached to an aromatic ring is 1. The van der Waals surface area contributed by atoms with Crippen LogP contribution >= 0.6 is 11.5 Å². The Labute approximate surface area is 223 Å². The number of aldehydes is 1. The van der Waals surface area contributed by atoms with E-state index in [1.54, 1.807) is 12.1 Å². The van der Waals surface area contributed by atoms with E-state index >= 15 is 0 Å². The first-order chi connectivity index (χ1) is 18.2. The number of fused-ring (bicyclic) bond motifs is 3. The van der Waals surface area contributed by atoms with Crippen LogP contribution in [-0.4, -0.2) is 62.1 Å². The monoisotopic (exact) mass is 566 g/mol. The van der Waals surface area contributed by atoms with E-state index in [4.69, 9.17) is 10.5 Å². The number of benzene rings is 1. The Morgan fingerprint density at radius 3 is 2.59 bits per heavy atom. The van der Waals surface area contributed by atoms with Gasteiger partial charge in [-0.25, -0.2) is 4.98 Å². The molecule has 2 atom stereocenters. The van der Waals surface area contributed by atoms with Crippen LogP contribution in [0.5, 0.6) is 0 Å². The standard InChI is InChI=1S/C24H25F3N6O5S/c1-23(2,37)19-12(24(25,26)27)5-7-15(30-19)33(3)8-9-38-14(10-34)17(35)21-29-13-6-4-11-18(39-32-20(11)28)16(13)22(36)31-21/h4-7,10,14,17,35,37H,8-9H2,1-3H3,(H2,28,32)(H,29,31,36). The van der Waals surface area contributed by atoms with Gasteiger partial charge in [0.05, 0.1) is 33.5 Å². The number of hydrogen-bond acceptors (Lipinski definition) is 11. The number of H-pyrrole nitrogens is 1. The van der Waals surface area contributed by atoms with E-state index in [1.807, 2.05) is 0 Å². The number of nitrogens with one attached hydrogen (secondary N) is 1. The molecule has 0 spiro atoms. The van der Waals surface area contributed by atoms with Gasteiger partial charge in [-0.1, -0.05) is 0 Å². The van der Waals surface area contributed by atoms with E-state index in [0.29, 0.717) is 21.9 Å². The molecule has 0 radical (unpaired) electrons. The highest BCUT2D eigenvalue weighted by molar-refractivity contribution is 7.14. The molecule has 0 saturated carbocycles. The number of aromatic amines is 1. The highest BCUT2D eigenvalue weighted by atomic mass is 32.1. The summed E-state index contributed by atoms with van der Waals surface area (Å²) in [5, 5.41) is 21.8. The number of pyridine rings is 1. The summed E-state index contributed by atoms with van der Waals surface area (Å²) in [6, 6.07) is 5.25. The summed E-state index contributed by atoms with van der Waals surface area (Å²) < 4.78 is 50.2. The summed E-state index contributed by atoms with van der Waals surface area (Å²) in [5.41, 5.74) is 2.09. The molecule has 208 valence electrons. The van der Waals surface area contributed by atoms with E-state index in [2.05, 4.69) is 19.3 Å². The molecular weight excluding hydrogens is 541 g/mol. The van der Waals surface area contributed by atoms with Crippen molar-refractivity contribution in [2.75, 3.05) is 30.8 Å². The van der Waals surface area contributed by atoms with Gasteiger partial charge in [-0.2, -0.15) is 22.5 Å². The lowest BCUT2D eigenvalue weighted by atomic mass is 9.99. The summed E-state index contributed by atoms with van der Waals surface area (Å²) in [4.78, 5) is 36.6. The number of carbonyl (C=O) groups excluding carboxylic acids is 1. The third-order valence-electron chi connectivity index (χ3n) is 5.99. The molecule has 4 rings (SSSR count). The van der Waals surface area contributed by atoms with Crippen molar-refractivity contribution >= 4 is 50.4 Å². The van der Waals surface area contributed by atoms with E-state index in [9.17, 15) is 33.0 Å². The number of anilines is 2. The van der Waals surface area contributed by atoms with Crippen molar-refractivity contribution in [3.05, 3.63) is 51.7 Å². The van der Waals surface area contributed by atoms with Gasteiger partial charge in [0, 0.05) is 19.0 Å². The highest BCUT2D eigenvalue weighted by Gasteiger charge is 2.38. The Hall–Kier alpha value is -3.66. The summed E-state index contributed by atoms with van der Waals surface area (Å²) >= 11 is 1.04. The third kappa shape index (κ3) is 5.71. The summed E-state index contributed by atoms with van der Waals surface area (Å²) in [6.07, 6.45) is -7.37. The molecule has 0 aliphatic heterocycles. The van der Waals surface area contributed by atoms with E-state index in [1.165, 1.54) is 25.8 Å². The van der Waals surface area contributed by atoms with Gasteiger partial charge in [0.2, 0.25) is 0 Å². The number of hydrogen-bond donors (Lipinski definition) is 4. The van der Waals surface area contributed by atoms with Gasteiger partial charge in [0.1, 0.15) is 35.3 Å². The lowest BCUT2D eigenvalue weighted by molar-refractivity contribution is -0.140. The number of alkyl halides is 3. The second-order valence-electron chi connectivity index (χ2n) is 9.32. The molecule has 3 heterocycles. The van der Waals surface area contributed by atoms with Crippen LogP contribution in [0.15, 0.2) is 29.1 Å². The molecule has 1 aromatic carbocycles. The van der Waals surface area contributed by atoms with Gasteiger partial charge in [0.15, 0.2) is 6.29 Å². The van der Waals surface area contributed by atoms with Crippen molar-refractivity contribution < 1.29 is 32.9 Å². The quantitative estimate of drug-likeness (QED) is 0.221. The lowest BCUT2D eigenvalue weighted by Crippen LogP contribution is -2.32. The predicted octanol–water partition coefficient (Wildman–Crippen LogP) is 2.51. The predicted molar refractivity (Wildman–Crippen MR) is 138 cm³/mol. The maximum absolute atomic E-state index is 13.4. The number of aliphatic hydroxyl groups is 2. The van der Waals surface area contributed by atoms with E-state index in [0.717, 1.165) is 23.7 Å². The molecule has 0 fully saturated rings. The first-order valence-corrected chi connectivity index (χ1v) is 12.3. The second-order valence-corrected chi connectivity index (χ2v) is 10.1. The number of halogens is 3. The molecule has 39 heavy (non-hydrogen) atoms. The normalized spacial score (nSPS) is 14.1. The Balaban J connectivity index is 1.48. The van der Waals surface area contributed by atoms with Gasteiger partial charge in [-0.15, -0.1) is 0 Å². The Bertz CT molecular complexity index is 1580. The average molecular weight is 567 g/mol. The van der Waals surface area contributed by atoms with Crippen molar-refractivity contribution in [2.24, 2.45) is 0 Å². The second kappa shape index (κ2) is 10.5. The van der Waals surface area contributed by atoms with Gasteiger partial charge in [-0.3, -0.25) is 4.79 Å². The van der Waals surface area contributed by atoms with Crippen LogP contribution in [0.2, 0.25) is 0 Å². The molecule has 11 nitrogen and oxygen atoms in total. The number of likely N-dealkylation sites (N-methyl/N-ethyl adjacent to an activating group) is 1. The van der Waals surface area contributed by atoms with Crippen molar-refractivity contribution in [3.8, 4) is 0 Å². The summed E-state index contributed by atoms with van der Waals surface area (Å²) in [7, 11) is 1.54. The van der Waals surface area contributed by atoms with Crippen LogP contribution in [0.1, 0.15) is 37.0 Å². The van der Waals surface area contributed by atoms with Crippen molar-refractivity contribution in [1.29, 1.82) is 0 Å². The van der Waals surface area contributed by atoms with Crippen LogP contribution in [0.4, 0.5) is 24.8 Å². The SMILES string of the molecule is CN(CCOC(C=O)C(O)c1nc(=O)c2c(ccc3c(N)nsc32)[nH]1)c1ccc(C(F)(F)F)c(C(C)(C)O)n1. The van der Waals surface area contributed by atoms with Crippen molar-refractivity contribution in [2.45, 2.75) is 37.8 Å².